The van der Waals surface area contributed by atoms with E-state index in [0.29, 0.717) is 0 Å². The molecule has 0 aliphatic heterocycles. The Kier molecular flexibility index (Phi) is 3.17. The summed E-state index contributed by atoms with van der Waals surface area (Å²) in [6, 6.07) is 12.4. The molecular formula is C15H15N3S. The van der Waals surface area contributed by atoms with Crippen molar-refractivity contribution in [1.29, 1.82) is 0 Å². The first-order valence-electron chi connectivity index (χ1n) is 6.27. The Morgan fingerprint density at radius 2 is 1.79 bits per heavy atom. The quantitative estimate of drug-likeness (QED) is 0.775. The molecule has 0 spiro atoms. The largest absolute Gasteiger partial charge is 0.361 e. The zero-order valence-electron chi connectivity index (χ0n) is 10.9. The van der Waals surface area contributed by atoms with Crippen molar-refractivity contribution in [1.82, 2.24) is 9.97 Å². The van der Waals surface area contributed by atoms with Crippen LogP contribution in [0.3, 0.4) is 0 Å². The first-order chi connectivity index (χ1) is 9.24. The molecule has 0 aliphatic carbocycles. The summed E-state index contributed by atoms with van der Waals surface area (Å²) in [6.07, 6.45) is 0. The van der Waals surface area contributed by atoms with Crippen molar-refractivity contribution < 1.29 is 0 Å². The van der Waals surface area contributed by atoms with E-state index in [-0.39, 0.29) is 6.04 Å². The maximum atomic E-state index is 4.66. The molecule has 2 heterocycles. The summed E-state index contributed by atoms with van der Waals surface area (Å²) in [5.41, 5.74) is 2.80. The molecule has 3 nitrogen and oxygen atoms in total. The summed E-state index contributed by atoms with van der Waals surface area (Å²) in [5, 5.41) is 5.53. The normalized spacial score (nSPS) is 12.5. The van der Waals surface area contributed by atoms with Crippen molar-refractivity contribution >= 4 is 28.2 Å². The van der Waals surface area contributed by atoms with Gasteiger partial charge < -0.3 is 5.32 Å². The maximum absolute atomic E-state index is 4.66. The van der Waals surface area contributed by atoms with E-state index in [1.54, 1.807) is 11.3 Å². The third-order valence-corrected chi connectivity index (χ3v) is 4.12. The number of thiophene rings is 1. The van der Waals surface area contributed by atoms with Crippen molar-refractivity contribution in [3.8, 4) is 0 Å². The third kappa shape index (κ3) is 2.44. The number of nitrogens with zero attached hydrogens (tertiary/aromatic N) is 2. The van der Waals surface area contributed by atoms with Crippen molar-refractivity contribution in [3.63, 3.8) is 0 Å². The molecule has 1 N–H and O–H groups in total. The Hall–Kier alpha value is -1.94. The van der Waals surface area contributed by atoms with Crippen LogP contribution in [-0.4, -0.2) is 9.97 Å². The smallest absolute Gasteiger partial charge is 0.148 e. The van der Waals surface area contributed by atoms with Gasteiger partial charge in [-0.05, 0) is 37.4 Å². The van der Waals surface area contributed by atoms with Crippen LogP contribution < -0.4 is 5.32 Å². The summed E-state index contributed by atoms with van der Waals surface area (Å²) in [6.45, 7) is 4.13. The number of para-hydroxylation sites is 2. The minimum absolute atomic E-state index is 0.245. The van der Waals surface area contributed by atoms with E-state index in [9.17, 15) is 0 Å². The molecule has 2 aromatic heterocycles. The van der Waals surface area contributed by atoms with E-state index in [1.807, 2.05) is 31.2 Å². The summed E-state index contributed by atoms with van der Waals surface area (Å²) in [5.74, 6) is 0.861. The number of anilines is 1. The predicted octanol–water partition coefficient (Wildman–Crippen LogP) is 4.17. The van der Waals surface area contributed by atoms with Crippen LogP contribution >= 0.6 is 11.3 Å². The molecule has 3 rings (SSSR count). The molecule has 0 saturated carbocycles. The van der Waals surface area contributed by atoms with Gasteiger partial charge in [-0.15, -0.1) is 11.3 Å². The number of fused-ring (bicyclic) bond motifs is 1. The molecule has 0 fully saturated rings. The van der Waals surface area contributed by atoms with Crippen LogP contribution in [0.15, 0.2) is 41.8 Å². The average molecular weight is 269 g/mol. The highest BCUT2D eigenvalue weighted by Gasteiger charge is 2.10. The lowest BCUT2D eigenvalue weighted by Gasteiger charge is -2.14. The van der Waals surface area contributed by atoms with Gasteiger partial charge in [0.1, 0.15) is 5.82 Å². The van der Waals surface area contributed by atoms with Crippen LogP contribution in [0.25, 0.3) is 11.0 Å². The van der Waals surface area contributed by atoms with Crippen LogP contribution in [0, 0.1) is 6.92 Å². The number of benzene rings is 1. The first-order valence-corrected chi connectivity index (χ1v) is 7.15. The fourth-order valence-corrected chi connectivity index (χ4v) is 2.77. The Bertz CT molecular complexity index is 692. The lowest BCUT2D eigenvalue weighted by atomic mass is 10.2. The molecule has 0 saturated heterocycles. The van der Waals surface area contributed by atoms with Crippen LogP contribution in [0.1, 0.15) is 23.5 Å². The predicted molar refractivity (Wildman–Crippen MR) is 80.6 cm³/mol. The third-order valence-electron chi connectivity index (χ3n) is 3.07. The maximum Gasteiger partial charge on any atom is 0.148 e. The van der Waals surface area contributed by atoms with Gasteiger partial charge in [-0.2, -0.15) is 0 Å². The van der Waals surface area contributed by atoms with Gasteiger partial charge in [0.15, 0.2) is 0 Å². The molecule has 96 valence electrons. The number of rotatable bonds is 3. The van der Waals surface area contributed by atoms with Gasteiger partial charge in [0.25, 0.3) is 0 Å². The summed E-state index contributed by atoms with van der Waals surface area (Å²) >= 11 is 1.75. The van der Waals surface area contributed by atoms with Gasteiger partial charge in [-0.1, -0.05) is 18.2 Å². The van der Waals surface area contributed by atoms with Crippen molar-refractivity contribution in [2.45, 2.75) is 19.9 Å². The van der Waals surface area contributed by atoms with Gasteiger partial charge in [0.2, 0.25) is 0 Å². The second-order valence-electron chi connectivity index (χ2n) is 4.53. The van der Waals surface area contributed by atoms with Crippen LogP contribution in [0.4, 0.5) is 5.82 Å². The van der Waals surface area contributed by atoms with Gasteiger partial charge in [0, 0.05) is 4.88 Å². The fourth-order valence-electron chi connectivity index (χ4n) is 2.04. The molecule has 19 heavy (non-hydrogen) atoms. The Morgan fingerprint density at radius 3 is 2.47 bits per heavy atom. The lowest BCUT2D eigenvalue weighted by Crippen LogP contribution is -2.08. The first kappa shape index (κ1) is 12.1. The van der Waals surface area contributed by atoms with E-state index in [4.69, 9.17) is 0 Å². The van der Waals surface area contributed by atoms with Crippen molar-refractivity contribution in [2.24, 2.45) is 0 Å². The van der Waals surface area contributed by atoms with Crippen molar-refractivity contribution in [2.75, 3.05) is 5.32 Å². The fraction of sp³-hybridized carbons (Fsp3) is 0.200. The van der Waals surface area contributed by atoms with Crippen LogP contribution in [0.2, 0.25) is 0 Å². The summed E-state index contributed by atoms with van der Waals surface area (Å²) in [4.78, 5) is 10.5. The molecule has 1 atom stereocenters. The molecule has 0 amide bonds. The standard InChI is InChI=1S/C15H15N3S/c1-10(14-8-5-9-19-14)17-15-11(2)16-12-6-3-4-7-13(12)18-15/h3-10H,1-2H3,(H,17,18). The molecule has 1 unspecified atom stereocenters. The molecule has 4 heteroatoms. The molecule has 3 aromatic rings. The zero-order chi connectivity index (χ0) is 13.2. The van der Waals surface area contributed by atoms with E-state index >= 15 is 0 Å². The number of aromatic nitrogens is 2. The highest BCUT2D eigenvalue weighted by atomic mass is 32.1. The van der Waals surface area contributed by atoms with Crippen LogP contribution in [0.5, 0.6) is 0 Å². The summed E-state index contributed by atoms with van der Waals surface area (Å²) in [7, 11) is 0. The Morgan fingerprint density at radius 1 is 1.05 bits per heavy atom. The molecule has 0 bridgehead atoms. The molecule has 0 aliphatic rings. The average Bonchev–Trinajstić information content (AvgIpc) is 2.93. The number of aryl methyl sites for hydroxylation is 1. The summed E-state index contributed by atoms with van der Waals surface area (Å²) < 4.78 is 0. The van der Waals surface area contributed by atoms with E-state index in [2.05, 4.69) is 39.7 Å². The highest BCUT2D eigenvalue weighted by Crippen LogP contribution is 2.24. The Labute approximate surface area is 116 Å². The SMILES string of the molecule is Cc1nc2ccccc2nc1NC(C)c1cccs1. The minimum atomic E-state index is 0.245. The second-order valence-corrected chi connectivity index (χ2v) is 5.51. The van der Waals surface area contributed by atoms with E-state index in [0.717, 1.165) is 22.5 Å². The van der Waals surface area contributed by atoms with E-state index < -0.39 is 0 Å². The minimum Gasteiger partial charge on any atom is -0.361 e. The topological polar surface area (TPSA) is 37.8 Å². The highest BCUT2D eigenvalue weighted by molar-refractivity contribution is 7.10. The van der Waals surface area contributed by atoms with Gasteiger partial charge in [0.05, 0.1) is 22.8 Å². The van der Waals surface area contributed by atoms with Crippen molar-refractivity contribution in [3.05, 3.63) is 52.3 Å². The molecule has 1 aromatic carbocycles. The van der Waals surface area contributed by atoms with Crippen LogP contribution in [-0.2, 0) is 0 Å². The zero-order valence-corrected chi connectivity index (χ0v) is 11.7. The number of nitrogens with one attached hydrogen (secondary N) is 1. The van der Waals surface area contributed by atoms with Gasteiger partial charge >= 0.3 is 0 Å². The Balaban J connectivity index is 1.94. The monoisotopic (exact) mass is 269 g/mol. The van der Waals surface area contributed by atoms with Gasteiger partial charge in [-0.3, -0.25) is 0 Å². The van der Waals surface area contributed by atoms with Gasteiger partial charge in [-0.25, -0.2) is 9.97 Å². The lowest BCUT2D eigenvalue weighted by molar-refractivity contribution is 0.891. The second kappa shape index (κ2) is 4.97. The molecular weight excluding hydrogens is 254 g/mol. The van der Waals surface area contributed by atoms with E-state index in [1.165, 1.54) is 4.88 Å². The molecule has 0 radical (unpaired) electrons. The number of hydrogen-bond donors (Lipinski definition) is 1. The number of hydrogen-bond acceptors (Lipinski definition) is 4.